The summed E-state index contributed by atoms with van der Waals surface area (Å²) in [6.45, 7) is 7.32. The Balaban J connectivity index is 2.73. The van der Waals surface area contributed by atoms with Crippen LogP contribution in [0.25, 0.3) is 0 Å². The molecule has 1 atom stereocenters. The molecule has 0 aliphatic rings. The lowest BCUT2D eigenvalue weighted by Gasteiger charge is -2.23. The van der Waals surface area contributed by atoms with Crippen molar-refractivity contribution in [2.24, 2.45) is 0 Å². The van der Waals surface area contributed by atoms with Crippen molar-refractivity contribution in [3.05, 3.63) is 35.4 Å². The van der Waals surface area contributed by atoms with Gasteiger partial charge in [0.05, 0.1) is 11.6 Å². The van der Waals surface area contributed by atoms with E-state index in [1.807, 2.05) is 20.8 Å². The molecular formula is C12H17F2NO. The third-order valence-corrected chi connectivity index (χ3v) is 1.97. The van der Waals surface area contributed by atoms with Crippen molar-refractivity contribution >= 4 is 0 Å². The minimum atomic E-state index is -0.458. The number of rotatable bonds is 3. The molecule has 0 aromatic heterocycles. The van der Waals surface area contributed by atoms with Crippen LogP contribution in [0.2, 0.25) is 0 Å². The summed E-state index contributed by atoms with van der Waals surface area (Å²) in [6.07, 6.45) is 0. The van der Waals surface area contributed by atoms with E-state index in [0.29, 0.717) is 0 Å². The van der Waals surface area contributed by atoms with Crippen molar-refractivity contribution in [1.82, 2.24) is 5.48 Å². The number of benzene rings is 1. The maximum atomic E-state index is 13.4. The topological polar surface area (TPSA) is 21.3 Å². The van der Waals surface area contributed by atoms with Crippen molar-refractivity contribution in [3.8, 4) is 0 Å². The Labute approximate surface area is 94.6 Å². The SMILES string of the molecule is CC(NOC(C)(C)C)c1cc(F)ccc1F. The van der Waals surface area contributed by atoms with Gasteiger partial charge in [0.1, 0.15) is 11.6 Å². The standard InChI is InChI=1S/C12H17F2NO/c1-8(15-16-12(2,3)4)10-7-9(13)5-6-11(10)14/h5-8,15H,1-4H3. The van der Waals surface area contributed by atoms with Gasteiger partial charge in [0, 0.05) is 5.56 Å². The minimum absolute atomic E-state index is 0.254. The van der Waals surface area contributed by atoms with E-state index in [4.69, 9.17) is 4.84 Å². The molecule has 0 aliphatic heterocycles. The lowest BCUT2D eigenvalue weighted by atomic mass is 10.1. The summed E-state index contributed by atoms with van der Waals surface area (Å²) in [4.78, 5) is 5.30. The molecular weight excluding hydrogens is 212 g/mol. The highest BCUT2D eigenvalue weighted by Crippen LogP contribution is 2.19. The van der Waals surface area contributed by atoms with E-state index in [2.05, 4.69) is 5.48 Å². The molecule has 1 aromatic carbocycles. The zero-order chi connectivity index (χ0) is 12.3. The highest BCUT2D eigenvalue weighted by molar-refractivity contribution is 5.21. The van der Waals surface area contributed by atoms with Crippen molar-refractivity contribution in [2.45, 2.75) is 39.3 Å². The highest BCUT2D eigenvalue weighted by Gasteiger charge is 2.16. The van der Waals surface area contributed by atoms with Gasteiger partial charge in [-0.3, -0.25) is 4.84 Å². The fraction of sp³-hybridized carbons (Fsp3) is 0.500. The average Bonchev–Trinajstić information content (AvgIpc) is 2.17. The van der Waals surface area contributed by atoms with Crippen LogP contribution in [0, 0.1) is 11.6 Å². The summed E-state index contributed by atoms with van der Waals surface area (Å²) < 4.78 is 26.3. The van der Waals surface area contributed by atoms with E-state index in [1.165, 1.54) is 6.07 Å². The molecule has 16 heavy (non-hydrogen) atoms. The molecule has 1 rings (SSSR count). The Morgan fingerprint density at radius 1 is 1.25 bits per heavy atom. The van der Waals surface area contributed by atoms with Gasteiger partial charge in [-0.25, -0.2) is 8.78 Å². The molecule has 0 bridgehead atoms. The van der Waals surface area contributed by atoms with Gasteiger partial charge in [-0.1, -0.05) is 0 Å². The third-order valence-electron chi connectivity index (χ3n) is 1.97. The summed E-state index contributed by atoms with van der Waals surface area (Å²) in [5.41, 5.74) is 2.58. The zero-order valence-electron chi connectivity index (χ0n) is 9.97. The van der Waals surface area contributed by atoms with E-state index in [9.17, 15) is 8.78 Å². The van der Waals surface area contributed by atoms with E-state index in [-0.39, 0.29) is 11.2 Å². The summed E-state index contributed by atoms with van der Waals surface area (Å²) in [5.74, 6) is -0.903. The highest BCUT2D eigenvalue weighted by atomic mass is 19.1. The molecule has 0 radical (unpaired) electrons. The normalized spacial score (nSPS) is 13.9. The largest absolute Gasteiger partial charge is 0.296 e. The zero-order valence-corrected chi connectivity index (χ0v) is 9.97. The molecule has 0 saturated carbocycles. The average molecular weight is 229 g/mol. The molecule has 1 N–H and O–H groups in total. The molecule has 90 valence electrons. The first-order valence-electron chi connectivity index (χ1n) is 5.18. The first kappa shape index (κ1) is 13.1. The van der Waals surface area contributed by atoms with E-state index in [1.54, 1.807) is 6.92 Å². The van der Waals surface area contributed by atoms with Crippen molar-refractivity contribution in [1.29, 1.82) is 0 Å². The second-order valence-electron chi connectivity index (χ2n) is 4.72. The molecule has 0 spiro atoms. The van der Waals surface area contributed by atoms with Crippen molar-refractivity contribution in [2.75, 3.05) is 0 Å². The van der Waals surface area contributed by atoms with Gasteiger partial charge in [0.15, 0.2) is 0 Å². The molecule has 0 aliphatic carbocycles. The van der Waals surface area contributed by atoms with Crippen LogP contribution in [0.15, 0.2) is 18.2 Å². The first-order chi connectivity index (χ1) is 7.29. The number of nitrogens with one attached hydrogen (secondary N) is 1. The fourth-order valence-corrected chi connectivity index (χ4v) is 1.18. The van der Waals surface area contributed by atoms with E-state index >= 15 is 0 Å². The Kier molecular flexibility index (Phi) is 3.99. The lowest BCUT2D eigenvalue weighted by Crippen LogP contribution is -2.31. The number of hydrogen-bond acceptors (Lipinski definition) is 2. The van der Waals surface area contributed by atoms with Crippen LogP contribution in [0.5, 0.6) is 0 Å². The molecule has 4 heteroatoms. The quantitative estimate of drug-likeness (QED) is 0.802. The van der Waals surface area contributed by atoms with Crippen LogP contribution < -0.4 is 5.48 Å². The molecule has 1 aromatic rings. The second-order valence-corrected chi connectivity index (χ2v) is 4.72. The third kappa shape index (κ3) is 3.87. The van der Waals surface area contributed by atoms with Gasteiger partial charge in [0.25, 0.3) is 0 Å². The number of hydroxylamine groups is 1. The summed E-state index contributed by atoms with van der Waals surface area (Å²) in [7, 11) is 0. The van der Waals surface area contributed by atoms with Crippen LogP contribution in [0.1, 0.15) is 39.3 Å². The van der Waals surface area contributed by atoms with Gasteiger partial charge < -0.3 is 0 Å². The predicted molar refractivity (Wildman–Crippen MR) is 58.7 cm³/mol. The summed E-state index contributed by atoms with van der Waals surface area (Å²) in [5, 5.41) is 0. The van der Waals surface area contributed by atoms with Gasteiger partial charge in [-0.2, -0.15) is 5.48 Å². The molecule has 0 heterocycles. The van der Waals surface area contributed by atoms with Crippen LogP contribution in [-0.4, -0.2) is 5.60 Å². The molecule has 0 fully saturated rings. The van der Waals surface area contributed by atoms with Crippen molar-refractivity contribution < 1.29 is 13.6 Å². The van der Waals surface area contributed by atoms with Gasteiger partial charge >= 0.3 is 0 Å². The van der Waals surface area contributed by atoms with Crippen molar-refractivity contribution in [3.63, 3.8) is 0 Å². The molecule has 0 amide bonds. The lowest BCUT2D eigenvalue weighted by molar-refractivity contribution is -0.0870. The molecule has 0 saturated heterocycles. The Bertz CT molecular complexity index is 361. The first-order valence-corrected chi connectivity index (χ1v) is 5.18. The van der Waals surface area contributed by atoms with Gasteiger partial charge in [-0.05, 0) is 45.9 Å². The van der Waals surface area contributed by atoms with E-state index in [0.717, 1.165) is 12.1 Å². The van der Waals surface area contributed by atoms with Crippen LogP contribution in [-0.2, 0) is 4.84 Å². The minimum Gasteiger partial charge on any atom is -0.296 e. The second kappa shape index (κ2) is 4.89. The van der Waals surface area contributed by atoms with Gasteiger partial charge in [0.2, 0.25) is 0 Å². The Hall–Kier alpha value is -1.00. The fourth-order valence-electron chi connectivity index (χ4n) is 1.18. The Morgan fingerprint density at radius 3 is 2.44 bits per heavy atom. The number of hydrogen-bond donors (Lipinski definition) is 1. The number of halogens is 2. The molecule has 2 nitrogen and oxygen atoms in total. The van der Waals surface area contributed by atoms with Crippen LogP contribution >= 0.6 is 0 Å². The Morgan fingerprint density at radius 2 is 1.88 bits per heavy atom. The van der Waals surface area contributed by atoms with Crippen LogP contribution in [0.3, 0.4) is 0 Å². The summed E-state index contributed by atoms with van der Waals surface area (Å²) >= 11 is 0. The van der Waals surface area contributed by atoms with Gasteiger partial charge in [-0.15, -0.1) is 0 Å². The predicted octanol–water partition coefficient (Wildman–Crippen LogP) is 3.35. The smallest absolute Gasteiger partial charge is 0.128 e. The van der Waals surface area contributed by atoms with Crippen LogP contribution in [0.4, 0.5) is 8.78 Å². The summed E-state index contributed by atoms with van der Waals surface area (Å²) in [6, 6.07) is 2.96. The maximum Gasteiger partial charge on any atom is 0.128 e. The monoisotopic (exact) mass is 229 g/mol. The molecule has 1 unspecified atom stereocenters. The maximum absolute atomic E-state index is 13.4. The van der Waals surface area contributed by atoms with E-state index < -0.39 is 17.7 Å².